The van der Waals surface area contributed by atoms with Gasteiger partial charge in [0, 0.05) is 44.0 Å². The molecule has 2 aliphatic heterocycles. The number of hydrogen-bond acceptors (Lipinski definition) is 4. The average Bonchev–Trinajstić information content (AvgIpc) is 2.47. The molecule has 1 unspecified atom stereocenters. The molecule has 1 aromatic rings. The first-order valence-corrected chi connectivity index (χ1v) is 8.39. The van der Waals surface area contributed by atoms with Gasteiger partial charge < -0.3 is 20.1 Å². The van der Waals surface area contributed by atoms with Crippen molar-refractivity contribution in [2.75, 3.05) is 13.1 Å². The summed E-state index contributed by atoms with van der Waals surface area (Å²) < 4.78 is 25.0. The van der Waals surface area contributed by atoms with Crippen molar-refractivity contribution in [3.05, 3.63) is 29.6 Å². The highest BCUT2D eigenvalue weighted by Gasteiger charge is 2.43. The van der Waals surface area contributed by atoms with Crippen LogP contribution in [0.4, 0.5) is 9.18 Å². The Kier molecular flexibility index (Phi) is 4.20. The minimum absolute atomic E-state index is 0.252. The number of hydrogen-bond donors (Lipinski definition) is 1. The summed E-state index contributed by atoms with van der Waals surface area (Å²) in [6.07, 6.45) is 1.72. The lowest BCUT2D eigenvalue weighted by Crippen LogP contribution is -2.53. The van der Waals surface area contributed by atoms with E-state index in [4.69, 9.17) is 15.2 Å². The number of piperidine rings is 1. The predicted molar refractivity (Wildman–Crippen MR) is 88.3 cm³/mol. The van der Waals surface area contributed by atoms with E-state index in [1.807, 2.05) is 20.8 Å². The van der Waals surface area contributed by atoms with Gasteiger partial charge >= 0.3 is 6.09 Å². The Morgan fingerprint density at radius 3 is 2.67 bits per heavy atom. The Bertz CT molecular complexity index is 634. The van der Waals surface area contributed by atoms with E-state index >= 15 is 0 Å². The van der Waals surface area contributed by atoms with Gasteiger partial charge in [-0.05, 0) is 39.0 Å². The molecular formula is C18H25FN2O3. The molecule has 5 nitrogen and oxygen atoms in total. The zero-order valence-corrected chi connectivity index (χ0v) is 14.5. The molecule has 2 N–H and O–H groups in total. The van der Waals surface area contributed by atoms with E-state index in [1.54, 1.807) is 11.0 Å². The molecule has 0 saturated carbocycles. The summed E-state index contributed by atoms with van der Waals surface area (Å²) >= 11 is 0. The average molecular weight is 336 g/mol. The lowest BCUT2D eigenvalue weighted by molar-refractivity contribution is -0.0321. The van der Waals surface area contributed by atoms with Crippen LogP contribution in [0.1, 0.15) is 51.6 Å². The van der Waals surface area contributed by atoms with Crippen molar-refractivity contribution in [3.8, 4) is 5.75 Å². The maximum absolute atomic E-state index is 13.4. The fraction of sp³-hybridized carbons (Fsp3) is 0.611. The molecule has 2 aliphatic rings. The van der Waals surface area contributed by atoms with Gasteiger partial charge in [0.2, 0.25) is 0 Å². The summed E-state index contributed by atoms with van der Waals surface area (Å²) in [6.45, 7) is 6.71. The maximum atomic E-state index is 13.4. The molecule has 1 fully saturated rings. The number of fused-ring (bicyclic) bond motifs is 1. The Labute approximate surface area is 141 Å². The Balaban J connectivity index is 1.68. The number of ether oxygens (including phenoxy) is 2. The van der Waals surface area contributed by atoms with Crippen LogP contribution in [0.15, 0.2) is 18.2 Å². The second kappa shape index (κ2) is 5.92. The summed E-state index contributed by atoms with van der Waals surface area (Å²) in [5.74, 6) is 0.351. The Hall–Kier alpha value is -1.82. The zero-order chi connectivity index (χ0) is 17.5. The van der Waals surface area contributed by atoms with Gasteiger partial charge in [-0.25, -0.2) is 9.18 Å². The third-order valence-electron chi connectivity index (χ3n) is 4.62. The summed E-state index contributed by atoms with van der Waals surface area (Å²) in [6, 6.07) is 4.23. The van der Waals surface area contributed by atoms with Crippen LogP contribution in [-0.2, 0) is 4.74 Å². The van der Waals surface area contributed by atoms with Crippen molar-refractivity contribution in [1.29, 1.82) is 0 Å². The summed E-state index contributed by atoms with van der Waals surface area (Å²) in [5, 5.41) is 0. The topological polar surface area (TPSA) is 64.8 Å². The van der Waals surface area contributed by atoms with Crippen molar-refractivity contribution < 1.29 is 18.7 Å². The van der Waals surface area contributed by atoms with Crippen LogP contribution in [-0.4, -0.2) is 35.3 Å². The summed E-state index contributed by atoms with van der Waals surface area (Å²) in [5.41, 5.74) is 6.08. The quantitative estimate of drug-likeness (QED) is 0.789. The molecule has 0 aliphatic carbocycles. The highest BCUT2D eigenvalue weighted by Crippen LogP contribution is 2.43. The molecule has 24 heavy (non-hydrogen) atoms. The number of likely N-dealkylation sites (tertiary alicyclic amines) is 1. The minimum Gasteiger partial charge on any atom is -0.487 e. The first-order chi connectivity index (χ1) is 11.2. The van der Waals surface area contributed by atoms with Gasteiger partial charge in [0.1, 0.15) is 22.8 Å². The Morgan fingerprint density at radius 2 is 2.04 bits per heavy atom. The van der Waals surface area contributed by atoms with Crippen molar-refractivity contribution >= 4 is 6.09 Å². The molecule has 1 amide bonds. The van der Waals surface area contributed by atoms with Crippen molar-refractivity contribution in [1.82, 2.24) is 4.90 Å². The van der Waals surface area contributed by atoms with E-state index in [2.05, 4.69) is 0 Å². The maximum Gasteiger partial charge on any atom is 0.410 e. The highest BCUT2D eigenvalue weighted by molar-refractivity contribution is 5.68. The predicted octanol–water partition coefficient (Wildman–Crippen LogP) is 3.38. The first-order valence-electron chi connectivity index (χ1n) is 8.39. The number of amides is 1. The van der Waals surface area contributed by atoms with Gasteiger partial charge in [-0.2, -0.15) is 0 Å². The van der Waals surface area contributed by atoms with Crippen LogP contribution in [0.5, 0.6) is 5.75 Å². The Morgan fingerprint density at radius 1 is 1.38 bits per heavy atom. The number of benzene rings is 1. The lowest BCUT2D eigenvalue weighted by Gasteiger charge is -2.46. The number of carbonyl (C=O) groups excluding carboxylic acids is 1. The van der Waals surface area contributed by atoms with Gasteiger partial charge in [0.25, 0.3) is 0 Å². The molecule has 3 rings (SSSR count). The molecule has 2 heterocycles. The molecule has 1 spiro atoms. The van der Waals surface area contributed by atoms with Crippen molar-refractivity contribution in [3.63, 3.8) is 0 Å². The van der Waals surface area contributed by atoms with Crippen LogP contribution in [0.25, 0.3) is 0 Å². The van der Waals surface area contributed by atoms with Crippen molar-refractivity contribution in [2.24, 2.45) is 5.73 Å². The fourth-order valence-electron chi connectivity index (χ4n) is 3.42. The van der Waals surface area contributed by atoms with Crippen LogP contribution < -0.4 is 10.5 Å². The third kappa shape index (κ3) is 3.48. The fourth-order valence-corrected chi connectivity index (χ4v) is 3.42. The number of nitrogens with zero attached hydrogens (tertiary/aromatic N) is 1. The summed E-state index contributed by atoms with van der Waals surface area (Å²) in [7, 11) is 0. The van der Waals surface area contributed by atoms with E-state index in [1.165, 1.54) is 12.1 Å². The van der Waals surface area contributed by atoms with Gasteiger partial charge in [-0.1, -0.05) is 0 Å². The molecule has 1 aromatic carbocycles. The van der Waals surface area contributed by atoms with Crippen LogP contribution >= 0.6 is 0 Å². The molecular weight excluding hydrogens is 311 g/mol. The molecule has 132 valence electrons. The molecule has 1 atom stereocenters. The normalized spacial score (nSPS) is 22.7. The zero-order valence-electron chi connectivity index (χ0n) is 14.5. The van der Waals surface area contributed by atoms with E-state index in [0.29, 0.717) is 38.1 Å². The monoisotopic (exact) mass is 336 g/mol. The van der Waals surface area contributed by atoms with Gasteiger partial charge in [-0.15, -0.1) is 0 Å². The molecule has 0 bridgehead atoms. The second-order valence-electron chi connectivity index (χ2n) is 7.75. The van der Waals surface area contributed by atoms with E-state index in [0.717, 1.165) is 5.56 Å². The molecule has 0 aromatic heterocycles. The number of halogens is 1. The van der Waals surface area contributed by atoms with Crippen LogP contribution in [0.2, 0.25) is 0 Å². The minimum atomic E-state index is -0.501. The SMILES string of the molecule is CC(C)(C)OC(=O)N1CCC2(CC1)CC(N)c1cc(F)ccc1O2. The molecule has 1 saturated heterocycles. The lowest BCUT2D eigenvalue weighted by atomic mass is 9.81. The van der Waals surface area contributed by atoms with E-state index < -0.39 is 5.60 Å². The van der Waals surface area contributed by atoms with Crippen molar-refractivity contribution in [2.45, 2.75) is 57.3 Å². The standard InChI is InChI=1S/C18H25FN2O3/c1-17(2,3)24-16(22)21-8-6-18(7-9-21)11-14(20)13-10-12(19)4-5-15(13)23-18/h4-5,10,14H,6-9,11,20H2,1-3H3. The number of carbonyl (C=O) groups is 1. The van der Waals surface area contributed by atoms with E-state index in [-0.39, 0.29) is 23.6 Å². The van der Waals surface area contributed by atoms with Crippen LogP contribution in [0.3, 0.4) is 0 Å². The summed E-state index contributed by atoms with van der Waals surface area (Å²) in [4.78, 5) is 13.9. The highest BCUT2D eigenvalue weighted by atomic mass is 19.1. The van der Waals surface area contributed by atoms with Crippen LogP contribution in [0, 0.1) is 5.82 Å². The van der Waals surface area contributed by atoms with Gasteiger partial charge in [0.15, 0.2) is 0 Å². The van der Waals surface area contributed by atoms with E-state index in [9.17, 15) is 9.18 Å². The molecule has 6 heteroatoms. The smallest absolute Gasteiger partial charge is 0.410 e. The number of rotatable bonds is 0. The van der Waals surface area contributed by atoms with Gasteiger partial charge in [0.05, 0.1) is 0 Å². The first kappa shape index (κ1) is 17.0. The third-order valence-corrected chi connectivity index (χ3v) is 4.62. The molecule has 0 radical (unpaired) electrons. The van der Waals surface area contributed by atoms with Gasteiger partial charge in [-0.3, -0.25) is 0 Å². The second-order valence-corrected chi connectivity index (χ2v) is 7.75. The largest absolute Gasteiger partial charge is 0.487 e. The number of nitrogens with two attached hydrogens (primary N) is 1.